The molecule has 2 N–H and O–H groups in total. The molecule has 0 saturated carbocycles. The number of carbonyl (C=O) groups excluding carboxylic acids is 1. The molecule has 4 heteroatoms. The largest absolute Gasteiger partial charge is 0.354 e. The maximum Gasteiger partial charge on any atom is 0.221 e. The van der Waals surface area contributed by atoms with Crippen LogP contribution in [0.1, 0.15) is 33.1 Å². The number of piperidine rings is 1. The molecule has 102 valence electrons. The van der Waals surface area contributed by atoms with Crippen molar-refractivity contribution in [2.45, 2.75) is 45.2 Å². The van der Waals surface area contributed by atoms with Gasteiger partial charge in [0.2, 0.25) is 5.91 Å². The number of nitrogens with one attached hydrogen (secondary N) is 2. The Balaban J connectivity index is 1.67. The number of likely N-dealkylation sites (tertiary alicyclic amines) is 1. The second kappa shape index (κ2) is 6.34. The molecule has 0 aromatic rings. The van der Waals surface area contributed by atoms with Crippen molar-refractivity contribution in [1.29, 1.82) is 0 Å². The fraction of sp³-hybridized carbons (Fsp3) is 0.786. The fourth-order valence-corrected chi connectivity index (χ4v) is 2.65. The Kier molecular flexibility index (Phi) is 4.78. The van der Waals surface area contributed by atoms with Gasteiger partial charge in [-0.1, -0.05) is 11.6 Å². The van der Waals surface area contributed by atoms with E-state index in [-0.39, 0.29) is 5.91 Å². The maximum atomic E-state index is 11.1. The molecule has 4 nitrogen and oxygen atoms in total. The summed E-state index contributed by atoms with van der Waals surface area (Å²) < 4.78 is 0. The van der Waals surface area contributed by atoms with E-state index in [2.05, 4.69) is 35.5 Å². The molecule has 2 heterocycles. The van der Waals surface area contributed by atoms with Crippen LogP contribution in [-0.2, 0) is 4.79 Å². The molecule has 0 aromatic carbocycles. The number of carbonyl (C=O) groups is 1. The van der Waals surface area contributed by atoms with Crippen molar-refractivity contribution >= 4 is 5.91 Å². The highest BCUT2D eigenvalue weighted by Gasteiger charge is 2.25. The van der Waals surface area contributed by atoms with Crippen LogP contribution in [0.3, 0.4) is 0 Å². The van der Waals surface area contributed by atoms with Gasteiger partial charge in [-0.15, -0.1) is 0 Å². The highest BCUT2D eigenvalue weighted by molar-refractivity contribution is 5.78. The maximum absolute atomic E-state index is 11.1. The van der Waals surface area contributed by atoms with E-state index in [1.807, 2.05) is 0 Å². The van der Waals surface area contributed by atoms with Crippen LogP contribution in [0.2, 0.25) is 0 Å². The summed E-state index contributed by atoms with van der Waals surface area (Å²) in [5.74, 6) is 0.188. The van der Waals surface area contributed by atoms with Crippen molar-refractivity contribution in [3.8, 4) is 0 Å². The van der Waals surface area contributed by atoms with Gasteiger partial charge in [-0.3, -0.25) is 9.69 Å². The Morgan fingerprint density at radius 3 is 2.67 bits per heavy atom. The van der Waals surface area contributed by atoms with Crippen LogP contribution < -0.4 is 10.6 Å². The van der Waals surface area contributed by atoms with Gasteiger partial charge in [0.25, 0.3) is 0 Å². The molecular weight excluding hydrogens is 226 g/mol. The summed E-state index contributed by atoms with van der Waals surface area (Å²) in [7, 11) is 0. The van der Waals surface area contributed by atoms with Crippen molar-refractivity contribution in [3.05, 3.63) is 11.6 Å². The minimum Gasteiger partial charge on any atom is -0.354 e. The molecular formula is C14H25N3O. The molecule has 0 radical (unpaired) electrons. The van der Waals surface area contributed by atoms with Crippen LogP contribution in [-0.4, -0.2) is 49.1 Å². The molecule has 1 unspecified atom stereocenters. The number of nitrogens with zero attached hydrogens (tertiary/aromatic N) is 1. The van der Waals surface area contributed by atoms with Gasteiger partial charge in [0.1, 0.15) is 0 Å². The van der Waals surface area contributed by atoms with E-state index in [9.17, 15) is 4.79 Å². The second-order valence-corrected chi connectivity index (χ2v) is 5.73. The molecule has 2 aliphatic rings. The third kappa shape index (κ3) is 4.10. The molecule has 2 saturated heterocycles. The van der Waals surface area contributed by atoms with Crippen LogP contribution in [0.4, 0.5) is 0 Å². The first-order valence-corrected chi connectivity index (χ1v) is 7.02. The number of hydrogen-bond acceptors (Lipinski definition) is 3. The third-order valence-corrected chi connectivity index (χ3v) is 3.79. The Morgan fingerprint density at radius 1 is 1.39 bits per heavy atom. The lowest BCUT2D eigenvalue weighted by Gasteiger charge is -2.33. The normalized spacial score (nSPS) is 26.1. The third-order valence-electron chi connectivity index (χ3n) is 3.79. The number of allylic oxidation sites excluding steroid dienone is 1. The molecule has 0 spiro atoms. The van der Waals surface area contributed by atoms with Gasteiger partial charge in [0.05, 0.1) is 0 Å². The second-order valence-electron chi connectivity index (χ2n) is 5.73. The van der Waals surface area contributed by atoms with Crippen LogP contribution in [0.5, 0.6) is 0 Å². The highest BCUT2D eigenvalue weighted by Crippen LogP contribution is 2.12. The van der Waals surface area contributed by atoms with E-state index in [1.165, 1.54) is 18.4 Å². The molecule has 2 aliphatic heterocycles. The summed E-state index contributed by atoms with van der Waals surface area (Å²) in [5.41, 5.74) is 1.39. The topological polar surface area (TPSA) is 44.4 Å². The zero-order valence-corrected chi connectivity index (χ0v) is 11.5. The van der Waals surface area contributed by atoms with Gasteiger partial charge >= 0.3 is 0 Å². The van der Waals surface area contributed by atoms with Crippen molar-refractivity contribution < 1.29 is 4.79 Å². The predicted octanol–water partition coefficient (Wildman–Crippen LogP) is 0.895. The van der Waals surface area contributed by atoms with E-state index >= 15 is 0 Å². The van der Waals surface area contributed by atoms with Crippen molar-refractivity contribution in [2.75, 3.05) is 26.2 Å². The number of amides is 1. The van der Waals surface area contributed by atoms with Crippen LogP contribution in [0.15, 0.2) is 11.6 Å². The highest BCUT2D eigenvalue weighted by atomic mass is 16.1. The lowest BCUT2D eigenvalue weighted by molar-refractivity contribution is -0.119. The zero-order valence-electron chi connectivity index (χ0n) is 11.5. The Bertz CT molecular complexity index is 315. The predicted molar refractivity (Wildman–Crippen MR) is 73.4 cm³/mol. The first-order valence-electron chi connectivity index (χ1n) is 7.02. The van der Waals surface area contributed by atoms with Gasteiger partial charge in [-0.25, -0.2) is 0 Å². The summed E-state index contributed by atoms with van der Waals surface area (Å²) in [5, 5.41) is 6.49. The standard InChI is InChI=1S/C14H25N3O/c1-11(2)3-6-17-7-4-12(5-8-17)16-13-9-14(18)15-10-13/h3,12-13,16H,4-10H2,1-2H3,(H,15,18). The first-order chi connectivity index (χ1) is 8.63. The first kappa shape index (κ1) is 13.6. The lowest BCUT2D eigenvalue weighted by Crippen LogP contribution is -2.46. The monoisotopic (exact) mass is 251 g/mol. The summed E-state index contributed by atoms with van der Waals surface area (Å²) >= 11 is 0. The summed E-state index contributed by atoms with van der Waals surface area (Å²) in [4.78, 5) is 13.6. The number of hydrogen-bond donors (Lipinski definition) is 2. The molecule has 0 bridgehead atoms. The fourth-order valence-electron chi connectivity index (χ4n) is 2.65. The summed E-state index contributed by atoms with van der Waals surface area (Å²) in [6.07, 6.45) is 5.34. The molecule has 0 aliphatic carbocycles. The SMILES string of the molecule is CC(C)=CCN1CCC(NC2CNC(=O)C2)CC1. The van der Waals surface area contributed by atoms with Crippen molar-refractivity contribution in [2.24, 2.45) is 0 Å². The van der Waals surface area contributed by atoms with Crippen LogP contribution >= 0.6 is 0 Å². The molecule has 0 aromatic heterocycles. The van der Waals surface area contributed by atoms with E-state index in [4.69, 9.17) is 0 Å². The zero-order chi connectivity index (χ0) is 13.0. The summed E-state index contributed by atoms with van der Waals surface area (Å²) in [6.45, 7) is 8.51. The molecule has 1 amide bonds. The van der Waals surface area contributed by atoms with E-state index in [0.717, 1.165) is 26.2 Å². The molecule has 2 rings (SSSR count). The van der Waals surface area contributed by atoms with Gasteiger partial charge < -0.3 is 10.6 Å². The van der Waals surface area contributed by atoms with Gasteiger partial charge in [-0.2, -0.15) is 0 Å². The molecule has 1 atom stereocenters. The Hall–Kier alpha value is -0.870. The van der Waals surface area contributed by atoms with Crippen molar-refractivity contribution in [1.82, 2.24) is 15.5 Å². The number of rotatable bonds is 4. The van der Waals surface area contributed by atoms with Gasteiger partial charge in [-0.05, 0) is 39.8 Å². The summed E-state index contributed by atoms with van der Waals surface area (Å²) in [6, 6.07) is 0.942. The van der Waals surface area contributed by atoms with E-state index in [0.29, 0.717) is 18.5 Å². The van der Waals surface area contributed by atoms with E-state index in [1.54, 1.807) is 0 Å². The van der Waals surface area contributed by atoms with E-state index < -0.39 is 0 Å². The van der Waals surface area contributed by atoms with Crippen LogP contribution in [0, 0.1) is 0 Å². The average Bonchev–Trinajstić information content (AvgIpc) is 2.74. The van der Waals surface area contributed by atoms with Gasteiger partial charge in [0.15, 0.2) is 0 Å². The molecule has 18 heavy (non-hydrogen) atoms. The smallest absolute Gasteiger partial charge is 0.221 e. The Morgan fingerprint density at radius 2 is 2.11 bits per heavy atom. The minimum absolute atomic E-state index is 0.188. The minimum atomic E-state index is 0.188. The van der Waals surface area contributed by atoms with Crippen LogP contribution in [0.25, 0.3) is 0 Å². The molecule has 2 fully saturated rings. The van der Waals surface area contributed by atoms with Crippen molar-refractivity contribution in [3.63, 3.8) is 0 Å². The quantitative estimate of drug-likeness (QED) is 0.730. The lowest BCUT2D eigenvalue weighted by atomic mass is 10.0. The average molecular weight is 251 g/mol. The Labute approximate surface area is 110 Å². The van der Waals surface area contributed by atoms with Gasteiger partial charge in [0, 0.05) is 31.6 Å².